The largest absolute Gasteiger partial charge is 0.454 e. The molecule has 0 unspecified atom stereocenters. The summed E-state index contributed by atoms with van der Waals surface area (Å²) in [5.74, 6) is 4.28. The minimum absolute atomic E-state index is 0.280. The van der Waals surface area contributed by atoms with Crippen molar-refractivity contribution in [2.45, 2.75) is 45.9 Å². The molecule has 186 valence electrons. The van der Waals surface area contributed by atoms with Crippen molar-refractivity contribution in [3.63, 3.8) is 0 Å². The highest BCUT2D eigenvalue weighted by Gasteiger charge is 2.20. The molecule has 0 saturated heterocycles. The summed E-state index contributed by atoms with van der Waals surface area (Å²) in [6.45, 7) is 6.04. The first-order valence-electron chi connectivity index (χ1n) is 12.3. The molecule has 0 fully saturated rings. The minimum atomic E-state index is 0.280. The number of aromatic nitrogens is 2. The average Bonchev–Trinajstić information content (AvgIpc) is 3.69. The second kappa shape index (κ2) is 10.2. The van der Waals surface area contributed by atoms with E-state index in [1.165, 1.54) is 21.7 Å². The lowest BCUT2D eigenvalue weighted by Crippen LogP contribution is -2.24. The van der Waals surface area contributed by atoms with Crippen molar-refractivity contribution in [3.8, 4) is 33.7 Å². The zero-order valence-corrected chi connectivity index (χ0v) is 21.1. The number of hydrogen-bond donors (Lipinski definition) is 0. The molecule has 0 spiro atoms. The molecule has 0 atom stereocenters. The third kappa shape index (κ3) is 4.79. The molecule has 0 amide bonds. The van der Waals surface area contributed by atoms with Crippen molar-refractivity contribution in [1.29, 1.82) is 0 Å². The fraction of sp³-hybridized carbons (Fsp3) is 0.321. The molecule has 4 heterocycles. The van der Waals surface area contributed by atoms with Gasteiger partial charge in [0.05, 0.1) is 16.8 Å². The van der Waals surface area contributed by atoms with Crippen molar-refractivity contribution < 1.29 is 18.9 Å². The van der Waals surface area contributed by atoms with E-state index in [0.717, 1.165) is 67.8 Å². The number of benzene rings is 2. The summed E-state index contributed by atoms with van der Waals surface area (Å²) < 4.78 is 24.7. The van der Waals surface area contributed by atoms with E-state index < -0.39 is 0 Å². The second-order valence-corrected chi connectivity index (χ2v) is 10.0. The van der Waals surface area contributed by atoms with Gasteiger partial charge in [-0.3, -0.25) is 4.90 Å². The molecule has 0 radical (unpaired) electrons. The van der Waals surface area contributed by atoms with Gasteiger partial charge < -0.3 is 23.5 Å². The van der Waals surface area contributed by atoms with E-state index in [0.29, 0.717) is 0 Å². The number of ether oxygens (including phenoxy) is 4. The number of fused-ring (bicyclic) bond motifs is 2. The van der Waals surface area contributed by atoms with Crippen LogP contribution in [0.1, 0.15) is 36.6 Å². The Morgan fingerprint density at radius 2 is 1.53 bits per heavy atom. The Balaban J connectivity index is 1.30. The van der Waals surface area contributed by atoms with Gasteiger partial charge >= 0.3 is 0 Å². The molecule has 0 aliphatic carbocycles. The molecular weight excluding hydrogens is 474 g/mol. The molecule has 8 heteroatoms. The molecule has 7 nitrogen and oxygen atoms in total. The van der Waals surface area contributed by atoms with Crippen molar-refractivity contribution in [2.75, 3.05) is 13.6 Å². The number of rotatable bonds is 10. The average molecular weight is 504 g/mol. The van der Waals surface area contributed by atoms with E-state index in [1.807, 2.05) is 18.3 Å². The Hall–Kier alpha value is -3.49. The third-order valence-electron chi connectivity index (χ3n) is 6.49. The number of nitrogens with zero attached hydrogens (tertiary/aromatic N) is 3. The van der Waals surface area contributed by atoms with E-state index >= 15 is 0 Å². The van der Waals surface area contributed by atoms with Crippen LogP contribution in [0, 0.1) is 0 Å². The molecule has 2 aliphatic heterocycles. The maximum Gasteiger partial charge on any atom is 0.231 e. The number of hydrogen-bond acceptors (Lipinski definition) is 7. The lowest BCUT2D eigenvalue weighted by Gasteiger charge is -2.24. The maximum absolute atomic E-state index is 5.63. The van der Waals surface area contributed by atoms with Gasteiger partial charge in [-0.1, -0.05) is 31.5 Å². The highest BCUT2D eigenvalue weighted by Crippen LogP contribution is 2.35. The molecule has 2 aromatic heterocycles. The van der Waals surface area contributed by atoms with Gasteiger partial charge in [-0.2, -0.15) is 0 Å². The predicted molar refractivity (Wildman–Crippen MR) is 139 cm³/mol. The van der Waals surface area contributed by atoms with Crippen LogP contribution in [0.25, 0.3) is 10.7 Å². The Bertz CT molecular complexity index is 1280. The number of thiophene rings is 1. The lowest BCUT2D eigenvalue weighted by molar-refractivity contribution is 0.173. The topological polar surface area (TPSA) is 58.0 Å². The smallest absolute Gasteiger partial charge is 0.231 e. The predicted octanol–water partition coefficient (Wildman–Crippen LogP) is 6.07. The molecule has 0 bridgehead atoms. The lowest BCUT2D eigenvalue weighted by atomic mass is 10.1. The van der Waals surface area contributed by atoms with Crippen LogP contribution in [-0.2, 0) is 26.2 Å². The Morgan fingerprint density at radius 3 is 2.14 bits per heavy atom. The normalized spacial score (nSPS) is 13.6. The third-order valence-corrected chi connectivity index (χ3v) is 7.35. The van der Waals surface area contributed by atoms with Gasteiger partial charge in [0, 0.05) is 26.2 Å². The van der Waals surface area contributed by atoms with Crippen LogP contribution in [0.5, 0.6) is 23.0 Å². The zero-order chi connectivity index (χ0) is 24.3. The fourth-order valence-electron chi connectivity index (χ4n) is 4.70. The van der Waals surface area contributed by atoms with Gasteiger partial charge in [-0.05, 0) is 53.3 Å². The molecule has 36 heavy (non-hydrogen) atoms. The van der Waals surface area contributed by atoms with Crippen molar-refractivity contribution in [3.05, 3.63) is 76.9 Å². The van der Waals surface area contributed by atoms with Crippen LogP contribution < -0.4 is 18.9 Å². The quantitative estimate of drug-likeness (QED) is 0.262. The van der Waals surface area contributed by atoms with E-state index in [2.05, 4.69) is 58.2 Å². The fourth-order valence-corrected chi connectivity index (χ4v) is 5.43. The van der Waals surface area contributed by atoms with Crippen LogP contribution in [0.2, 0.25) is 0 Å². The second-order valence-electron chi connectivity index (χ2n) is 9.08. The van der Waals surface area contributed by atoms with E-state index in [9.17, 15) is 0 Å². The van der Waals surface area contributed by atoms with Crippen LogP contribution in [0.4, 0.5) is 0 Å². The van der Waals surface area contributed by atoms with Gasteiger partial charge in [0.15, 0.2) is 23.0 Å². The minimum Gasteiger partial charge on any atom is -0.454 e. The molecule has 4 aromatic rings. The van der Waals surface area contributed by atoms with Gasteiger partial charge in [-0.15, -0.1) is 11.3 Å². The van der Waals surface area contributed by atoms with Crippen LogP contribution >= 0.6 is 11.3 Å². The van der Waals surface area contributed by atoms with E-state index in [1.54, 1.807) is 11.3 Å². The summed E-state index contributed by atoms with van der Waals surface area (Å²) in [5.41, 5.74) is 3.57. The summed E-state index contributed by atoms with van der Waals surface area (Å²) in [5, 5.41) is 2.11. The Labute approximate surface area is 214 Å². The van der Waals surface area contributed by atoms with Gasteiger partial charge in [0.25, 0.3) is 0 Å². The van der Waals surface area contributed by atoms with E-state index in [4.69, 9.17) is 23.9 Å². The first-order chi connectivity index (χ1) is 17.8. The van der Waals surface area contributed by atoms with Crippen LogP contribution in [-0.4, -0.2) is 28.0 Å². The summed E-state index contributed by atoms with van der Waals surface area (Å²) in [7, 11) is 0. The molecule has 6 rings (SSSR count). The molecule has 0 saturated carbocycles. The Morgan fingerprint density at radius 1 is 0.861 bits per heavy atom. The van der Waals surface area contributed by atoms with Crippen molar-refractivity contribution >= 4 is 11.3 Å². The molecule has 2 aliphatic rings. The number of imidazole rings is 1. The molecule has 0 N–H and O–H groups in total. The zero-order valence-electron chi connectivity index (χ0n) is 20.3. The van der Waals surface area contributed by atoms with Gasteiger partial charge in [-0.25, -0.2) is 4.98 Å². The first-order valence-corrected chi connectivity index (χ1v) is 13.2. The Kier molecular flexibility index (Phi) is 6.53. The van der Waals surface area contributed by atoms with Crippen molar-refractivity contribution in [2.24, 2.45) is 0 Å². The number of unbranched alkanes of at least 4 members (excludes halogenated alkanes) is 1. The monoisotopic (exact) mass is 503 g/mol. The summed E-state index contributed by atoms with van der Waals surface area (Å²) in [6, 6.07) is 16.6. The van der Waals surface area contributed by atoms with Crippen molar-refractivity contribution in [1.82, 2.24) is 14.5 Å². The summed E-state index contributed by atoms with van der Waals surface area (Å²) >= 11 is 1.74. The molecular formula is C28H29N3O4S. The van der Waals surface area contributed by atoms with E-state index in [-0.39, 0.29) is 13.6 Å². The highest BCUT2D eigenvalue weighted by molar-refractivity contribution is 7.13. The summed E-state index contributed by atoms with van der Waals surface area (Å²) in [6.07, 6.45) is 4.29. The molecule has 2 aromatic carbocycles. The standard InChI is InChI=1S/C28H29N3O4S/c1-2-3-10-31-22(14-29-28(31)27-5-4-11-36-27)17-30(15-20-6-8-23-25(12-20)34-18-32-23)16-21-7-9-24-26(13-21)35-19-33-24/h4-9,11-14H,2-3,10,15-19H2,1H3. The van der Waals surface area contributed by atoms with Crippen LogP contribution in [0.3, 0.4) is 0 Å². The van der Waals surface area contributed by atoms with Crippen LogP contribution in [0.15, 0.2) is 60.1 Å². The SMILES string of the molecule is CCCCn1c(CN(Cc2ccc3c(c2)OCO3)Cc2ccc3c(c2)OCO3)cnc1-c1cccs1. The van der Waals surface area contributed by atoms with Gasteiger partial charge in [0.2, 0.25) is 13.6 Å². The van der Waals surface area contributed by atoms with Gasteiger partial charge in [0.1, 0.15) is 5.82 Å². The first kappa shape index (κ1) is 22.9. The maximum atomic E-state index is 5.63. The highest BCUT2D eigenvalue weighted by atomic mass is 32.1. The summed E-state index contributed by atoms with van der Waals surface area (Å²) in [4.78, 5) is 8.49.